The maximum Gasteiger partial charge on any atom is 0.169 e. The minimum absolute atomic E-state index is 0.0157. The zero-order valence-electron chi connectivity index (χ0n) is 13.5. The van der Waals surface area contributed by atoms with Crippen LogP contribution in [0.5, 0.6) is 5.75 Å². The van der Waals surface area contributed by atoms with E-state index in [4.69, 9.17) is 4.74 Å². The molecule has 0 saturated carbocycles. The Balaban J connectivity index is 2.56. The van der Waals surface area contributed by atoms with Crippen LogP contribution in [-0.4, -0.2) is 29.1 Å². The Morgan fingerprint density at radius 3 is 2.67 bits per heavy atom. The van der Waals surface area contributed by atoms with Crippen molar-refractivity contribution in [3.63, 3.8) is 0 Å². The lowest BCUT2D eigenvalue weighted by molar-refractivity contribution is 0.0932. The minimum atomic E-state index is -0.0661. The van der Waals surface area contributed by atoms with Gasteiger partial charge in [0.25, 0.3) is 0 Å². The predicted octanol–water partition coefficient (Wildman–Crippen LogP) is 3.46. The lowest BCUT2D eigenvalue weighted by Gasteiger charge is -2.18. The predicted molar refractivity (Wildman–Crippen MR) is 84.5 cm³/mol. The van der Waals surface area contributed by atoms with Crippen LogP contribution >= 0.6 is 0 Å². The smallest absolute Gasteiger partial charge is 0.169 e. The topological polar surface area (TPSA) is 51.5 Å². The number of carbonyl (C=O) groups excluding carboxylic acids is 1. The van der Waals surface area contributed by atoms with E-state index in [0.29, 0.717) is 11.3 Å². The summed E-state index contributed by atoms with van der Waals surface area (Å²) in [6.07, 6.45) is 5.21. The molecule has 0 bridgehead atoms. The number of Topliss-reactive ketones (excluding diaryl/α,β-unsaturated/α-hetero) is 1. The second-order valence-electron chi connectivity index (χ2n) is 6.21. The number of fused-ring (bicyclic) bond motifs is 1. The number of ether oxygens (including phenoxy) is 1. The quantitative estimate of drug-likeness (QED) is 0.797. The van der Waals surface area contributed by atoms with E-state index in [1.807, 2.05) is 27.7 Å². The van der Waals surface area contributed by atoms with Gasteiger partial charge in [-0.3, -0.25) is 14.8 Å². The maximum absolute atomic E-state index is 12.7. The van der Waals surface area contributed by atoms with Crippen molar-refractivity contribution in [1.82, 2.24) is 4.98 Å². The summed E-state index contributed by atoms with van der Waals surface area (Å²) >= 11 is 0. The second kappa shape index (κ2) is 6.37. The Labute approximate surface area is 126 Å². The molecule has 1 aliphatic rings. The normalized spacial score (nSPS) is 17.8. The highest BCUT2D eigenvalue weighted by molar-refractivity contribution is 6.03. The SMILES string of the molecule is CC1CCc2c(ncc(OC(C)C)c2C(=O)C(C)C)C=N1. The number of carbonyl (C=O) groups is 1. The van der Waals surface area contributed by atoms with Crippen molar-refractivity contribution >= 4 is 12.0 Å². The first-order valence-corrected chi connectivity index (χ1v) is 7.66. The molecule has 1 atom stereocenters. The van der Waals surface area contributed by atoms with E-state index in [1.165, 1.54) is 0 Å². The van der Waals surface area contributed by atoms with Gasteiger partial charge in [-0.05, 0) is 39.2 Å². The molecule has 1 aliphatic heterocycles. The first-order chi connectivity index (χ1) is 9.90. The fraction of sp³-hybridized carbons (Fsp3) is 0.588. The van der Waals surface area contributed by atoms with Crippen molar-refractivity contribution in [3.05, 3.63) is 23.0 Å². The highest BCUT2D eigenvalue weighted by Crippen LogP contribution is 2.29. The molecular formula is C17H24N2O2. The molecule has 1 unspecified atom stereocenters. The van der Waals surface area contributed by atoms with Gasteiger partial charge in [-0.1, -0.05) is 13.8 Å². The van der Waals surface area contributed by atoms with Crippen molar-refractivity contribution < 1.29 is 9.53 Å². The van der Waals surface area contributed by atoms with Gasteiger partial charge in [-0.15, -0.1) is 0 Å². The van der Waals surface area contributed by atoms with E-state index in [1.54, 1.807) is 12.4 Å². The molecule has 0 saturated heterocycles. The van der Waals surface area contributed by atoms with Crippen LogP contribution in [0.25, 0.3) is 0 Å². The summed E-state index contributed by atoms with van der Waals surface area (Å²) in [6, 6.07) is 0.260. The van der Waals surface area contributed by atoms with Crippen molar-refractivity contribution in [1.29, 1.82) is 0 Å². The number of hydrogen-bond acceptors (Lipinski definition) is 4. The molecule has 0 fully saturated rings. The van der Waals surface area contributed by atoms with Crippen LogP contribution in [0.1, 0.15) is 62.7 Å². The minimum Gasteiger partial charge on any atom is -0.489 e. The Kier molecular flexibility index (Phi) is 4.76. The van der Waals surface area contributed by atoms with E-state index in [2.05, 4.69) is 16.9 Å². The van der Waals surface area contributed by atoms with E-state index in [9.17, 15) is 4.79 Å². The molecule has 4 heteroatoms. The largest absolute Gasteiger partial charge is 0.489 e. The Morgan fingerprint density at radius 2 is 2.05 bits per heavy atom. The van der Waals surface area contributed by atoms with Crippen molar-refractivity contribution in [2.24, 2.45) is 10.9 Å². The number of rotatable bonds is 4. The summed E-state index contributed by atoms with van der Waals surface area (Å²) in [5, 5.41) is 0. The van der Waals surface area contributed by atoms with Gasteiger partial charge in [0.2, 0.25) is 0 Å². The molecule has 0 N–H and O–H groups in total. The molecule has 21 heavy (non-hydrogen) atoms. The van der Waals surface area contributed by atoms with Crippen LogP contribution < -0.4 is 4.74 Å². The highest BCUT2D eigenvalue weighted by atomic mass is 16.5. The van der Waals surface area contributed by atoms with Crippen LogP contribution in [0.2, 0.25) is 0 Å². The number of aliphatic imine (C=N–C) groups is 1. The molecule has 2 heterocycles. The fourth-order valence-electron chi connectivity index (χ4n) is 2.44. The zero-order chi connectivity index (χ0) is 15.6. The number of ketones is 1. The summed E-state index contributed by atoms with van der Waals surface area (Å²) in [5.41, 5.74) is 2.49. The lowest BCUT2D eigenvalue weighted by Crippen LogP contribution is -2.17. The molecule has 0 spiro atoms. The summed E-state index contributed by atoms with van der Waals surface area (Å²) in [4.78, 5) is 21.6. The van der Waals surface area contributed by atoms with Crippen LogP contribution in [0.15, 0.2) is 11.2 Å². The summed E-state index contributed by atoms with van der Waals surface area (Å²) < 4.78 is 5.82. The van der Waals surface area contributed by atoms with Crippen LogP contribution in [0.3, 0.4) is 0 Å². The van der Waals surface area contributed by atoms with Crippen LogP contribution in [-0.2, 0) is 6.42 Å². The van der Waals surface area contributed by atoms with Crippen molar-refractivity contribution in [2.45, 2.75) is 59.6 Å². The van der Waals surface area contributed by atoms with Gasteiger partial charge in [0.1, 0.15) is 5.75 Å². The molecule has 0 radical (unpaired) electrons. The molecular weight excluding hydrogens is 264 g/mol. The summed E-state index contributed by atoms with van der Waals surface area (Å²) in [7, 11) is 0. The van der Waals surface area contributed by atoms with Gasteiger partial charge in [0.05, 0.1) is 23.6 Å². The third-order valence-corrected chi connectivity index (χ3v) is 3.58. The first-order valence-electron chi connectivity index (χ1n) is 7.66. The first kappa shape index (κ1) is 15.7. The molecule has 0 amide bonds. The van der Waals surface area contributed by atoms with Crippen LogP contribution in [0, 0.1) is 5.92 Å². The van der Waals surface area contributed by atoms with Crippen LogP contribution in [0.4, 0.5) is 0 Å². The number of pyridine rings is 1. The lowest BCUT2D eigenvalue weighted by atomic mass is 9.92. The van der Waals surface area contributed by atoms with Crippen molar-refractivity contribution in [2.75, 3.05) is 0 Å². The average molecular weight is 288 g/mol. The Bertz CT molecular complexity index is 562. The van der Waals surface area contributed by atoms with Gasteiger partial charge in [0.15, 0.2) is 5.78 Å². The molecule has 1 aromatic heterocycles. The van der Waals surface area contributed by atoms with Gasteiger partial charge in [0, 0.05) is 18.2 Å². The fourth-order valence-corrected chi connectivity index (χ4v) is 2.44. The van der Waals surface area contributed by atoms with E-state index >= 15 is 0 Å². The number of hydrogen-bond donors (Lipinski definition) is 0. The Morgan fingerprint density at radius 1 is 1.33 bits per heavy atom. The molecule has 2 rings (SSSR count). The second-order valence-corrected chi connectivity index (χ2v) is 6.21. The van der Waals surface area contributed by atoms with Gasteiger partial charge in [-0.2, -0.15) is 0 Å². The molecule has 1 aromatic rings. The van der Waals surface area contributed by atoms with E-state index in [-0.39, 0.29) is 23.8 Å². The maximum atomic E-state index is 12.7. The average Bonchev–Trinajstić information content (AvgIpc) is 2.59. The highest BCUT2D eigenvalue weighted by Gasteiger charge is 2.25. The molecule has 4 nitrogen and oxygen atoms in total. The van der Waals surface area contributed by atoms with Crippen molar-refractivity contribution in [3.8, 4) is 5.75 Å². The van der Waals surface area contributed by atoms with E-state index < -0.39 is 0 Å². The van der Waals surface area contributed by atoms with Gasteiger partial charge in [-0.25, -0.2) is 0 Å². The zero-order valence-corrected chi connectivity index (χ0v) is 13.5. The molecule has 114 valence electrons. The molecule has 0 aromatic carbocycles. The monoisotopic (exact) mass is 288 g/mol. The standard InChI is InChI=1S/C17H24N2O2/c1-10(2)17(20)16-13-7-6-12(5)18-8-14(13)19-9-15(16)21-11(3)4/h8-12H,6-7H2,1-5H3. The van der Waals surface area contributed by atoms with Gasteiger partial charge >= 0.3 is 0 Å². The van der Waals surface area contributed by atoms with Gasteiger partial charge < -0.3 is 4.74 Å². The third kappa shape index (κ3) is 3.49. The third-order valence-electron chi connectivity index (χ3n) is 3.58. The number of aromatic nitrogens is 1. The summed E-state index contributed by atoms with van der Waals surface area (Å²) in [5.74, 6) is 0.654. The Hall–Kier alpha value is -1.71. The molecule has 0 aliphatic carbocycles. The van der Waals surface area contributed by atoms with E-state index in [0.717, 1.165) is 24.1 Å². The summed E-state index contributed by atoms with van der Waals surface area (Å²) in [6.45, 7) is 9.83. The number of nitrogens with zero attached hydrogens (tertiary/aromatic N) is 2.